The summed E-state index contributed by atoms with van der Waals surface area (Å²) in [6.07, 6.45) is 0. The highest BCUT2D eigenvalue weighted by Crippen LogP contribution is 2.23. The van der Waals surface area contributed by atoms with Gasteiger partial charge in [-0.3, -0.25) is 4.68 Å². The van der Waals surface area contributed by atoms with E-state index >= 15 is 0 Å². The first-order valence-electron chi connectivity index (χ1n) is 7.07. The second kappa shape index (κ2) is 6.15. The Labute approximate surface area is 130 Å². The summed E-state index contributed by atoms with van der Waals surface area (Å²) in [4.78, 5) is 4.60. The Morgan fingerprint density at radius 2 is 2.05 bits per heavy atom. The molecule has 2 heterocycles. The van der Waals surface area contributed by atoms with E-state index in [9.17, 15) is 0 Å². The number of aromatic nitrogens is 3. The molecule has 0 saturated heterocycles. The van der Waals surface area contributed by atoms with Gasteiger partial charge in [-0.25, -0.2) is 4.98 Å². The summed E-state index contributed by atoms with van der Waals surface area (Å²) in [5.74, 6) is 0.861. The third-order valence-electron chi connectivity index (χ3n) is 3.18. The zero-order valence-corrected chi connectivity index (χ0v) is 14.5. The number of thiazole rings is 1. The predicted octanol–water partition coefficient (Wildman–Crippen LogP) is 2.96. The molecule has 0 aliphatic rings. The molecule has 2 aromatic heterocycles. The van der Waals surface area contributed by atoms with Crippen LogP contribution in [0.15, 0.2) is 5.38 Å². The van der Waals surface area contributed by atoms with E-state index in [0.29, 0.717) is 6.61 Å². The lowest BCUT2D eigenvalue weighted by Gasteiger charge is -2.19. The van der Waals surface area contributed by atoms with Crippen LogP contribution < -0.4 is 10.1 Å². The maximum atomic E-state index is 5.87. The first-order valence-corrected chi connectivity index (χ1v) is 7.95. The average Bonchev–Trinajstić information content (AvgIpc) is 2.91. The maximum Gasteiger partial charge on any atom is 0.163 e. The first-order chi connectivity index (χ1) is 9.76. The summed E-state index contributed by atoms with van der Waals surface area (Å²) >= 11 is 1.66. The van der Waals surface area contributed by atoms with Gasteiger partial charge in [0.05, 0.1) is 11.4 Å². The summed E-state index contributed by atoms with van der Waals surface area (Å²) in [5.41, 5.74) is 3.03. The van der Waals surface area contributed by atoms with Crippen molar-refractivity contribution in [2.45, 2.75) is 53.3 Å². The lowest BCUT2D eigenvalue weighted by Crippen LogP contribution is -2.35. The Kier molecular flexibility index (Phi) is 4.68. The molecule has 21 heavy (non-hydrogen) atoms. The SMILES string of the molecule is Cc1nn(C)c(C)c1OCc1csc(CNC(C)(C)C)n1. The minimum atomic E-state index is 0.103. The zero-order chi connectivity index (χ0) is 15.6. The van der Waals surface area contributed by atoms with Gasteiger partial charge < -0.3 is 10.1 Å². The van der Waals surface area contributed by atoms with Crippen LogP contribution in [0.2, 0.25) is 0 Å². The van der Waals surface area contributed by atoms with Crippen LogP contribution in [0.25, 0.3) is 0 Å². The number of ether oxygens (including phenoxy) is 1. The number of nitrogens with one attached hydrogen (secondary N) is 1. The lowest BCUT2D eigenvalue weighted by atomic mass is 10.1. The number of aryl methyl sites for hydroxylation is 2. The van der Waals surface area contributed by atoms with E-state index in [1.165, 1.54) is 0 Å². The van der Waals surface area contributed by atoms with Crippen LogP contribution in [0.3, 0.4) is 0 Å². The summed E-state index contributed by atoms with van der Waals surface area (Å²) in [5, 5.41) is 10.9. The van der Waals surface area contributed by atoms with Crippen LogP contribution in [-0.4, -0.2) is 20.3 Å². The van der Waals surface area contributed by atoms with Crippen molar-refractivity contribution in [3.05, 3.63) is 27.5 Å². The van der Waals surface area contributed by atoms with E-state index < -0.39 is 0 Å². The van der Waals surface area contributed by atoms with Gasteiger partial charge in [-0.15, -0.1) is 11.3 Å². The van der Waals surface area contributed by atoms with Crippen molar-refractivity contribution < 1.29 is 4.74 Å². The van der Waals surface area contributed by atoms with Gasteiger partial charge in [-0.05, 0) is 34.6 Å². The molecule has 1 N–H and O–H groups in total. The van der Waals surface area contributed by atoms with Gasteiger partial charge in [-0.1, -0.05) is 0 Å². The second-order valence-electron chi connectivity index (χ2n) is 6.25. The Bertz CT molecular complexity index is 610. The molecule has 0 unspecified atom stereocenters. The Morgan fingerprint density at radius 1 is 1.33 bits per heavy atom. The average molecular weight is 308 g/mol. The summed E-state index contributed by atoms with van der Waals surface area (Å²) in [6.45, 7) is 11.7. The first kappa shape index (κ1) is 16.0. The van der Waals surface area contributed by atoms with Crippen LogP contribution in [0.4, 0.5) is 0 Å². The number of rotatable bonds is 5. The normalized spacial score (nSPS) is 11.9. The molecule has 0 bridgehead atoms. The highest BCUT2D eigenvalue weighted by atomic mass is 32.1. The molecular weight excluding hydrogens is 284 g/mol. The van der Waals surface area contributed by atoms with Crippen molar-refractivity contribution >= 4 is 11.3 Å². The quantitative estimate of drug-likeness (QED) is 0.922. The van der Waals surface area contributed by atoms with Crippen LogP contribution in [0.1, 0.15) is 42.9 Å². The van der Waals surface area contributed by atoms with E-state index in [-0.39, 0.29) is 5.54 Å². The molecule has 0 fully saturated rings. The van der Waals surface area contributed by atoms with Gasteiger partial charge in [0.25, 0.3) is 0 Å². The van der Waals surface area contributed by atoms with E-state index in [1.54, 1.807) is 11.3 Å². The van der Waals surface area contributed by atoms with Gasteiger partial charge in [0.1, 0.15) is 17.3 Å². The fraction of sp³-hybridized carbons (Fsp3) is 0.600. The molecule has 2 rings (SSSR count). The molecule has 0 spiro atoms. The van der Waals surface area contributed by atoms with Crippen LogP contribution in [0, 0.1) is 13.8 Å². The van der Waals surface area contributed by atoms with Crippen LogP contribution in [-0.2, 0) is 20.2 Å². The second-order valence-corrected chi connectivity index (χ2v) is 7.19. The molecule has 0 saturated carbocycles. The monoisotopic (exact) mass is 308 g/mol. The maximum absolute atomic E-state index is 5.87. The van der Waals surface area contributed by atoms with E-state index in [4.69, 9.17) is 4.74 Å². The van der Waals surface area contributed by atoms with Gasteiger partial charge in [0, 0.05) is 24.5 Å². The molecular formula is C15H24N4OS. The molecule has 0 aromatic carbocycles. The molecule has 2 aromatic rings. The predicted molar refractivity (Wildman–Crippen MR) is 85.7 cm³/mol. The lowest BCUT2D eigenvalue weighted by molar-refractivity contribution is 0.297. The van der Waals surface area contributed by atoms with Gasteiger partial charge in [-0.2, -0.15) is 5.10 Å². The van der Waals surface area contributed by atoms with Gasteiger partial charge >= 0.3 is 0 Å². The highest BCUT2D eigenvalue weighted by molar-refractivity contribution is 7.09. The molecule has 0 atom stereocenters. The summed E-state index contributed by atoms with van der Waals surface area (Å²) < 4.78 is 7.71. The molecule has 0 aliphatic carbocycles. The topological polar surface area (TPSA) is 52.0 Å². The fourth-order valence-electron chi connectivity index (χ4n) is 1.95. The standard InChI is InChI=1S/C15H24N4OS/c1-10-14(11(2)19(6)18-10)20-8-12-9-21-13(17-12)7-16-15(3,4)5/h9,16H,7-8H2,1-6H3. The minimum Gasteiger partial charge on any atom is -0.483 e. The minimum absolute atomic E-state index is 0.103. The largest absolute Gasteiger partial charge is 0.483 e. The molecule has 0 amide bonds. The van der Waals surface area contributed by atoms with Crippen molar-refractivity contribution in [2.75, 3.05) is 0 Å². The highest BCUT2D eigenvalue weighted by Gasteiger charge is 2.13. The molecule has 116 valence electrons. The van der Waals surface area contributed by atoms with Crippen molar-refractivity contribution in [1.82, 2.24) is 20.1 Å². The van der Waals surface area contributed by atoms with Crippen LogP contribution in [0.5, 0.6) is 5.75 Å². The van der Waals surface area contributed by atoms with Crippen molar-refractivity contribution in [1.29, 1.82) is 0 Å². The van der Waals surface area contributed by atoms with E-state index in [0.717, 1.165) is 34.4 Å². The summed E-state index contributed by atoms with van der Waals surface area (Å²) in [6, 6.07) is 0. The Morgan fingerprint density at radius 3 is 2.62 bits per heavy atom. The molecule has 0 aliphatic heterocycles. The molecule has 0 radical (unpaired) electrons. The zero-order valence-electron chi connectivity index (χ0n) is 13.6. The molecule has 6 heteroatoms. The van der Waals surface area contributed by atoms with Crippen molar-refractivity contribution in [3.8, 4) is 5.75 Å². The van der Waals surface area contributed by atoms with Crippen molar-refractivity contribution in [2.24, 2.45) is 7.05 Å². The van der Waals surface area contributed by atoms with Crippen molar-refractivity contribution in [3.63, 3.8) is 0 Å². The Balaban J connectivity index is 1.94. The van der Waals surface area contributed by atoms with Gasteiger partial charge in [0.15, 0.2) is 5.75 Å². The third-order valence-corrected chi connectivity index (χ3v) is 4.07. The smallest absolute Gasteiger partial charge is 0.163 e. The number of nitrogens with zero attached hydrogens (tertiary/aromatic N) is 3. The Hall–Kier alpha value is -1.40. The van der Waals surface area contributed by atoms with E-state index in [2.05, 4.69) is 41.6 Å². The van der Waals surface area contributed by atoms with Crippen LogP contribution >= 0.6 is 11.3 Å². The summed E-state index contributed by atoms with van der Waals surface area (Å²) in [7, 11) is 1.92. The number of hydrogen-bond donors (Lipinski definition) is 1. The van der Waals surface area contributed by atoms with E-state index in [1.807, 2.05) is 25.6 Å². The number of hydrogen-bond acceptors (Lipinski definition) is 5. The van der Waals surface area contributed by atoms with Gasteiger partial charge in [0.2, 0.25) is 0 Å². The molecule has 5 nitrogen and oxygen atoms in total. The fourth-order valence-corrected chi connectivity index (χ4v) is 2.66. The third kappa shape index (κ3) is 4.28.